The smallest absolute Gasteiger partial charge is 0.131 e. The Morgan fingerprint density at radius 2 is 2.00 bits per heavy atom. The van der Waals surface area contributed by atoms with E-state index in [1.54, 1.807) is 0 Å². The summed E-state index contributed by atoms with van der Waals surface area (Å²) in [6.07, 6.45) is 0. The Balaban J connectivity index is 2.99. The van der Waals surface area contributed by atoms with Crippen LogP contribution in [0.3, 0.4) is 0 Å². The first-order valence-electron chi connectivity index (χ1n) is 4.87. The number of anilines is 1. The first-order chi connectivity index (χ1) is 6.42. The van der Waals surface area contributed by atoms with Crippen LogP contribution in [0.2, 0.25) is 0 Å². The summed E-state index contributed by atoms with van der Waals surface area (Å²) < 4.78 is 0. The van der Waals surface area contributed by atoms with Gasteiger partial charge in [0.05, 0.1) is 0 Å². The lowest BCUT2D eigenvalue weighted by atomic mass is 10.1. The lowest BCUT2D eigenvalue weighted by Crippen LogP contribution is -2.27. The van der Waals surface area contributed by atoms with E-state index < -0.39 is 0 Å². The van der Waals surface area contributed by atoms with Gasteiger partial charge in [0.2, 0.25) is 0 Å². The van der Waals surface area contributed by atoms with E-state index in [1.807, 2.05) is 19.1 Å². The minimum absolute atomic E-state index is 0.0186. The highest BCUT2D eigenvalue weighted by molar-refractivity contribution is 5.46. The van der Waals surface area contributed by atoms with Crippen molar-refractivity contribution >= 4 is 5.82 Å². The zero-order valence-corrected chi connectivity index (χ0v) is 9.39. The third-order valence-electron chi connectivity index (χ3n) is 1.83. The molecule has 0 aliphatic carbocycles. The average Bonchev–Trinajstić information content (AvgIpc) is 2.01. The van der Waals surface area contributed by atoms with E-state index in [-0.39, 0.29) is 5.54 Å². The molecular weight excluding hydrogens is 174 g/mol. The molecule has 0 atom stereocenters. The molecule has 3 nitrogen and oxygen atoms in total. The van der Waals surface area contributed by atoms with E-state index >= 15 is 0 Å². The number of pyridine rings is 1. The maximum atomic E-state index is 5.64. The van der Waals surface area contributed by atoms with Gasteiger partial charge in [0.25, 0.3) is 0 Å². The highest BCUT2D eigenvalue weighted by Crippen LogP contribution is 2.17. The molecule has 0 saturated heterocycles. The standard InChI is InChI=1S/C11H19N3/c1-8-5-6-9(7-12)10(13-8)14-11(2,3)4/h5-6H,7,12H2,1-4H3,(H,13,14). The van der Waals surface area contributed by atoms with Gasteiger partial charge in [-0.25, -0.2) is 4.98 Å². The molecule has 1 heterocycles. The summed E-state index contributed by atoms with van der Waals surface area (Å²) in [5.41, 5.74) is 7.73. The van der Waals surface area contributed by atoms with E-state index in [1.165, 1.54) is 0 Å². The molecule has 3 N–H and O–H groups in total. The topological polar surface area (TPSA) is 50.9 Å². The van der Waals surface area contributed by atoms with Gasteiger partial charge in [0, 0.05) is 23.3 Å². The van der Waals surface area contributed by atoms with Crippen LogP contribution in [0.25, 0.3) is 0 Å². The molecule has 0 bridgehead atoms. The fourth-order valence-corrected chi connectivity index (χ4v) is 1.21. The second kappa shape index (κ2) is 3.96. The first-order valence-corrected chi connectivity index (χ1v) is 4.87. The third-order valence-corrected chi connectivity index (χ3v) is 1.83. The summed E-state index contributed by atoms with van der Waals surface area (Å²) in [5.74, 6) is 0.903. The third kappa shape index (κ3) is 3.00. The van der Waals surface area contributed by atoms with Crippen LogP contribution in [-0.4, -0.2) is 10.5 Å². The molecule has 0 saturated carbocycles. The molecule has 0 aliphatic heterocycles. The van der Waals surface area contributed by atoms with Crippen LogP contribution in [0.5, 0.6) is 0 Å². The molecule has 3 heteroatoms. The molecule has 0 amide bonds. The van der Waals surface area contributed by atoms with Gasteiger partial charge in [0.15, 0.2) is 0 Å². The van der Waals surface area contributed by atoms with Crippen LogP contribution >= 0.6 is 0 Å². The van der Waals surface area contributed by atoms with Gasteiger partial charge in [-0.2, -0.15) is 0 Å². The molecule has 1 aromatic heterocycles. The van der Waals surface area contributed by atoms with Crippen LogP contribution in [0, 0.1) is 6.92 Å². The van der Waals surface area contributed by atoms with E-state index in [4.69, 9.17) is 5.73 Å². The number of hydrogen-bond donors (Lipinski definition) is 2. The Bertz CT molecular complexity index is 313. The SMILES string of the molecule is Cc1ccc(CN)c(NC(C)(C)C)n1. The van der Waals surface area contributed by atoms with Gasteiger partial charge >= 0.3 is 0 Å². The fraction of sp³-hybridized carbons (Fsp3) is 0.545. The Morgan fingerprint density at radius 1 is 1.36 bits per heavy atom. The number of aryl methyl sites for hydroxylation is 1. The van der Waals surface area contributed by atoms with Crippen molar-refractivity contribution in [2.24, 2.45) is 5.73 Å². The largest absolute Gasteiger partial charge is 0.365 e. The van der Waals surface area contributed by atoms with Crippen molar-refractivity contribution < 1.29 is 0 Å². The summed E-state index contributed by atoms with van der Waals surface area (Å²) in [5, 5.41) is 3.35. The van der Waals surface area contributed by atoms with Crippen molar-refractivity contribution in [3.63, 3.8) is 0 Å². The molecule has 0 unspecified atom stereocenters. The summed E-state index contributed by atoms with van der Waals surface area (Å²) in [6, 6.07) is 4.01. The van der Waals surface area contributed by atoms with Crippen LogP contribution in [-0.2, 0) is 6.54 Å². The van der Waals surface area contributed by atoms with Crippen molar-refractivity contribution in [2.45, 2.75) is 39.8 Å². The maximum Gasteiger partial charge on any atom is 0.131 e. The summed E-state index contributed by atoms with van der Waals surface area (Å²) in [4.78, 5) is 4.44. The zero-order chi connectivity index (χ0) is 10.8. The first kappa shape index (κ1) is 11.0. The highest BCUT2D eigenvalue weighted by atomic mass is 15.0. The van der Waals surface area contributed by atoms with E-state index in [2.05, 4.69) is 31.1 Å². The van der Waals surface area contributed by atoms with Crippen LogP contribution in [0.1, 0.15) is 32.0 Å². The summed E-state index contributed by atoms with van der Waals surface area (Å²) in [6.45, 7) is 8.83. The minimum Gasteiger partial charge on any atom is -0.365 e. The number of rotatable bonds is 2. The van der Waals surface area contributed by atoms with Gasteiger partial charge in [-0.15, -0.1) is 0 Å². The van der Waals surface area contributed by atoms with Gasteiger partial charge in [-0.05, 0) is 33.8 Å². The van der Waals surface area contributed by atoms with Gasteiger partial charge in [-0.1, -0.05) is 6.07 Å². The molecule has 0 aromatic carbocycles. The van der Waals surface area contributed by atoms with Crippen molar-refractivity contribution in [3.8, 4) is 0 Å². The second-order valence-corrected chi connectivity index (χ2v) is 4.54. The highest BCUT2D eigenvalue weighted by Gasteiger charge is 2.12. The predicted octanol–water partition coefficient (Wildman–Crippen LogP) is 2.06. The molecular formula is C11H19N3. The lowest BCUT2D eigenvalue weighted by Gasteiger charge is -2.23. The van der Waals surface area contributed by atoms with Gasteiger partial charge < -0.3 is 11.1 Å². The minimum atomic E-state index is 0.0186. The van der Waals surface area contributed by atoms with Gasteiger partial charge in [-0.3, -0.25) is 0 Å². The average molecular weight is 193 g/mol. The maximum absolute atomic E-state index is 5.64. The lowest BCUT2D eigenvalue weighted by molar-refractivity contribution is 0.628. The molecule has 78 valence electrons. The molecule has 0 aliphatic rings. The number of aromatic nitrogens is 1. The Hall–Kier alpha value is -1.09. The van der Waals surface area contributed by atoms with E-state index in [0.29, 0.717) is 6.54 Å². The van der Waals surface area contributed by atoms with Crippen LogP contribution in [0.4, 0.5) is 5.82 Å². The number of hydrogen-bond acceptors (Lipinski definition) is 3. The Kier molecular flexibility index (Phi) is 3.11. The molecule has 0 fully saturated rings. The normalized spacial score (nSPS) is 11.5. The second-order valence-electron chi connectivity index (χ2n) is 4.54. The van der Waals surface area contributed by atoms with E-state index in [9.17, 15) is 0 Å². The fourth-order valence-electron chi connectivity index (χ4n) is 1.21. The quantitative estimate of drug-likeness (QED) is 0.756. The molecule has 14 heavy (non-hydrogen) atoms. The van der Waals surface area contributed by atoms with Crippen LogP contribution in [0.15, 0.2) is 12.1 Å². The molecule has 0 spiro atoms. The number of nitrogens with zero attached hydrogens (tertiary/aromatic N) is 1. The Labute approximate surface area is 85.7 Å². The number of nitrogens with two attached hydrogens (primary N) is 1. The molecule has 0 radical (unpaired) electrons. The van der Waals surface area contributed by atoms with Crippen LogP contribution < -0.4 is 11.1 Å². The molecule has 1 rings (SSSR count). The van der Waals surface area contributed by atoms with Crippen molar-refractivity contribution in [1.29, 1.82) is 0 Å². The van der Waals surface area contributed by atoms with Crippen molar-refractivity contribution in [1.82, 2.24) is 4.98 Å². The summed E-state index contributed by atoms with van der Waals surface area (Å²) in [7, 11) is 0. The predicted molar refractivity (Wildman–Crippen MR) is 60.2 cm³/mol. The van der Waals surface area contributed by atoms with E-state index in [0.717, 1.165) is 17.1 Å². The molecule has 1 aromatic rings. The zero-order valence-electron chi connectivity index (χ0n) is 9.39. The number of nitrogens with one attached hydrogen (secondary N) is 1. The van der Waals surface area contributed by atoms with Crippen molar-refractivity contribution in [3.05, 3.63) is 23.4 Å². The summed E-state index contributed by atoms with van der Waals surface area (Å²) >= 11 is 0. The monoisotopic (exact) mass is 193 g/mol. The Morgan fingerprint density at radius 3 is 2.50 bits per heavy atom. The van der Waals surface area contributed by atoms with Crippen molar-refractivity contribution in [2.75, 3.05) is 5.32 Å². The van der Waals surface area contributed by atoms with Gasteiger partial charge in [0.1, 0.15) is 5.82 Å².